The lowest BCUT2D eigenvalue weighted by Gasteiger charge is -2.24. The summed E-state index contributed by atoms with van der Waals surface area (Å²) in [5.41, 5.74) is 1.95. The Kier molecular flexibility index (Phi) is 7.71. The molecule has 0 aromatic heterocycles. The third-order valence-electron chi connectivity index (χ3n) is 4.73. The van der Waals surface area contributed by atoms with Crippen LogP contribution in [0.3, 0.4) is 0 Å². The van der Waals surface area contributed by atoms with Gasteiger partial charge in [0.2, 0.25) is 0 Å². The third-order valence-corrected chi connectivity index (χ3v) is 6.83. The van der Waals surface area contributed by atoms with Gasteiger partial charge in [0.15, 0.2) is 0 Å². The lowest BCUT2D eigenvalue weighted by atomic mass is 10.2. The highest BCUT2D eigenvalue weighted by molar-refractivity contribution is 7.92. The second kappa shape index (κ2) is 10.5. The SMILES string of the molecule is Cc1ccccc1NC(=O)NCCCN(c1ccc(F)cc1)S(=O)(=O)c1ccc(Cl)cc1. The zero-order valence-corrected chi connectivity index (χ0v) is 19.0. The third kappa shape index (κ3) is 5.99. The van der Waals surface area contributed by atoms with Gasteiger partial charge in [0.05, 0.1) is 10.6 Å². The maximum atomic E-state index is 13.4. The Morgan fingerprint density at radius 3 is 2.31 bits per heavy atom. The summed E-state index contributed by atoms with van der Waals surface area (Å²) in [6.07, 6.45) is 0.339. The number of rotatable bonds is 8. The van der Waals surface area contributed by atoms with Crippen molar-refractivity contribution < 1.29 is 17.6 Å². The van der Waals surface area contributed by atoms with Crippen LogP contribution in [0.4, 0.5) is 20.6 Å². The van der Waals surface area contributed by atoms with Gasteiger partial charge < -0.3 is 10.6 Å². The van der Waals surface area contributed by atoms with Crippen LogP contribution in [0.15, 0.2) is 77.7 Å². The largest absolute Gasteiger partial charge is 0.338 e. The molecule has 9 heteroatoms. The van der Waals surface area contributed by atoms with Crippen molar-refractivity contribution in [3.05, 3.63) is 89.2 Å². The van der Waals surface area contributed by atoms with Crippen molar-refractivity contribution in [2.45, 2.75) is 18.2 Å². The molecular weight excluding hydrogens is 453 g/mol. The summed E-state index contributed by atoms with van der Waals surface area (Å²) in [5.74, 6) is -0.466. The molecule has 3 aromatic rings. The molecule has 168 valence electrons. The van der Waals surface area contributed by atoms with E-state index in [-0.39, 0.29) is 24.0 Å². The smallest absolute Gasteiger partial charge is 0.319 e. The average molecular weight is 476 g/mol. The van der Waals surface area contributed by atoms with E-state index in [1.807, 2.05) is 25.1 Å². The maximum Gasteiger partial charge on any atom is 0.319 e. The fourth-order valence-electron chi connectivity index (χ4n) is 3.03. The van der Waals surface area contributed by atoms with E-state index in [4.69, 9.17) is 11.6 Å². The summed E-state index contributed by atoms with van der Waals surface area (Å²) in [5, 5.41) is 5.90. The zero-order chi connectivity index (χ0) is 23.1. The maximum absolute atomic E-state index is 13.4. The van der Waals surface area contributed by atoms with E-state index in [1.165, 1.54) is 52.8 Å². The normalized spacial score (nSPS) is 11.1. The number of hydrogen-bond donors (Lipinski definition) is 2. The lowest BCUT2D eigenvalue weighted by Crippen LogP contribution is -2.35. The summed E-state index contributed by atoms with van der Waals surface area (Å²) < 4.78 is 41.0. The Balaban J connectivity index is 1.68. The average Bonchev–Trinajstić information content (AvgIpc) is 2.76. The van der Waals surface area contributed by atoms with Crippen LogP contribution >= 0.6 is 11.6 Å². The first-order chi connectivity index (χ1) is 15.3. The first kappa shape index (κ1) is 23.6. The van der Waals surface area contributed by atoms with Crippen molar-refractivity contribution in [2.24, 2.45) is 0 Å². The molecule has 0 bridgehead atoms. The molecule has 0 fully saturated rings. The molecule has 0 saturated heterocycles. The molecule has 0 aliphatic rings. The van der Waals surface area contributed by atoms with Gasteiger partial charge in [0, 0.05) is 23.8 Å². The van der Waals surface area contributed by atoms with Gasteiger partial charge in [-0.25, -0.2) is 17.6 Å². The Bertz CT molecular complexity index is 1170. The molecule has 0 radical (unpaired) electrons. The summed E-state index contributed by atoms with van der Waals surface area (Å²) >= 11 is 5.88. The van der Waals surface area contributed by atoms with Crippen LogP contribution in [0.1, 0.15) is 12.0 Å². The van der Waals surface area contributed by atoms with Crippen molar-refractivity contribution in [1.29, 1.82) is 0 Å². The number of urea groups is 1. The summed E-state index contributed by atoms with van der Waals surface area (Å²) in [6, 6.07) is 18.0. The van der Waals surface area contributed by atoms with Gasteiger partial charge in [-0.15, -0.1) is 0 Å². The molecule has 0 unspecified atom stereocenters. The Morgan fingerprint density at radius 1 is 1.00 bits per heavy atom. The van der Waals surface area contributed by atoms with Gasteiger partial charge >= 0.3 is 6.03 Å². The molecule has 6 nitrogen and oxygen atoms in total. The molecule has 0 aliphatic carbocycles. The van der Waals surface area contributed by atoms with Gasteiger partial charge in [-0.2, -0.15) is 0 Å². The number of halogens is 2. The second-order valence-corrected chi connectivity index (χ2v) is 9.36. The number of anilines is 2. The molecule has 2 amide bonds. The molecule has 2 N–H and O–H groups in total. The van der Waals surface area contributed by atoms with E-state index in [2.05, 4.69) is 10.6 Å². The fraction of sp³-hybridized carbons (Fsp3) is 0.174. The highest BCUT2D eigenvalue weighted by Gasteiger charge is 2.24. The lowest BCUT2D eigenvalue weighted by molar-refractivity contribution is 0.252. The van der Waals surface area contributed by atoms with Crippen LogP contribution < -0.4 is 14.9 Å². The monoisotopic (exact) mass is 475 g/mol. The number of sulfonamides is 1. The molecule has 0 heterocycles. The van der Waals surface area contributed by atoms with Crippen LogP contribution in [0.25, 0.3) is 0 Å². The van der Waals surface area contributed by atoms with Crippen LogP contribution in [-0.2, 0) is 10.0 Å². The Labute approximate surface area is 192 Å². The van der Waals surface area contributed by atoms with Gasteiger partial charge in [-0.05, 0) is 73.5 Å². The molecule has 0 atom stereocenters. The number of nitrogens with zero attached hydrogens (tertiary/aromatic N) is 1. The first-order valence-electron chi connectivity index (χ1n) is 9.92. The van der Waals surface area contributed by atoms with Crippen molar-refractivity contribution in [1.82, 2.24) is 5.32 Å². The minimum absolute atomic E-state index is 0.0662. The van der Waals surface area contributed by atoms with Gasteiger partial charge in [0.1, 0.15) is 5.82 Å². The zero-order valence-electron chi connectivity index (χ0n) is 17.4. The molecule has 32 heavy (non-hydrogen) atoms. The van der Waals surface area contributed by atoms with Gasteiger partial charge in [0.25, 0.3) is 10.0 Å². The number of carbonyl (C=O) groups excluding carboxylic acids is 1. The second-order valence-electron chi connectivity index (χ2n) is 7.06. The fourth-order valence-corrected chi connectivity index (χ4v) is 4.66. The van der Waals surface area contributed by atoms with Crippen LogP contribution in [0.2, 0.25) is 5.02 Å². The van der Waals surface area contributed by atoms with Crippen molar-refractivity contribution in [3.8, 4) is 0 Å². The number of nitrogens with one attached hydrogen (secondary N) is 2. The van der Waals surface area contributed by atoms with Crippen LogP contribution in [0.5, 0.6) is 0 Å². The number of benzene rings is 3. The Hall–Kier alpha value is -3.10. The highest BCUT2D eigenvalue weighted by atomic mass is 35.5. The quantitative estimate of drug-likeness (QED) is 0.440. The molecular formula is C23H23ClFN3O3S. The number of carbonyl (C=O) groups is 1. The molecule has 3 aromatic carbocycles. The molecule has 0 saturated carbocycles. The number of para-hydroxylation sites is 1. The summed E-state index contributed by atoms with van der Waals surface area (Å²) in [7, 11) is -3.91. The molecule has 3 rings (SSSR count). The first-order valence-corrected chi connectivity index (χ1v) is 11.7. The predicted octanol–water partition coefficient (Wildman–Crippen LogP) is 5.19. The van der Waals surface area contributed by atoms with Crippen molar-refractivity contribution >= 4 is 39.0 Å². The standard InChI is InChI=1S/C23H23ClFN3O3S/c1-17-5-2-3-6-22(17)27-23(29)26-15-4-16-28(20-11-9-19(25)10-12-20)32(30,31)21-13-7-18(24)8-14-21/h2-3,5-14H,4,15-16H2,1H3,(H2,26,27,29). The van der Waals surface area contributed by atoms with Gasteiger partial charge in [-0.1, -0.05) is 29.8 Å². The van der Waals surface area contributed by atoms with Crippen molar-refractivity contribution in [2.75, 3.05) is 22.7 Å². The number of hydrogen-bond acceptors (Lipinski definition) is 3. The molecule has 0 aliphatic heterocycles. The highest BCUT2D eigenvalue weighted by Crippen LogP contribution is 2.25. The Morgan fingerprint density at radius 2 is 1.66 bits per heavy atom. The number of amides is 2. The van der Waals surface area contributed by atoms with Gasteiger partial charge in [-0.3, -0.25) is 4.31 Å². The van der Waals surface area contributed by atoms with E-state index >= 15 is 0 Å². The van der Waals surface area contributed by atoms with E-state index < -0.39 is 15.8 Å². The van der Waals surface area contributed by atoms with Crippen LogP contribution in [-0.4, -0.2) is 27.5 Å². The number of aryl methyl sites for hydroxylation is 1. The van der Waals surface area contributed by atoms with E-state index in [0.29, 0.717) is 22.8 Å². The summed E-state index contributed by atoms with van der Waals surface area (Å²) in [4.78, 5) is 12.2. The van der Waals surface area contributed by atoms with E-state index in [9.17, 15) is 17.6 Å². The predicted molar refractivity (Wildman–Crippen MR) is 125 cm³/mol. The minimum atomic E-state index is -3.91. The van der Waals surface area contributed by atoms with Crippen molar-refractivity contribution in [3.63, 3.8) is 0 Å². The van der Waals surface area contributed by atoms with E-state index in [0.717, 1.165) is 5.56 Å². The van der Waals surface area contributed by atoms with Crippen LogP contribution in [0, 0.1) is 12.7 Å². The summed E-state index contributed by atoms with van der Waals surface area (Å²) in [6.45, 7) is 2.21. The minimum Gasteiger partial charge on any atom is -0.338 e. The topological polar surface area (TPSA) is 78.5 Å². The van der Waals surface area contributed by atoms with E-state index in [1.54, 1.807) is 6.07 Å². The molecule has 0 spiro atoms.